The number of aryl methyl sites for hydroxylation is 1. The van der Waals surface area contributed by atoms with Gasteiger partial charge in [0.2, 0.25) is 12.3 Å². The Morgan fingerprint density at radius 3 is 2.91 bits per heavy atom. The third-order valence-electron chi connectivity index (χ3n) is 7.09. The van der Waals surface area contributed by atoms with Gasteiger partial charge in [0.25, 0.3) is 0 Å². The quantitative estimate of drug-likeness (QED) is 0.651. The van der Waals surface area contributed by atoms with E-state index in [2.05, 4.69) is 27.5 Å². The Kier molecular flexibility index (Phi) is 5.26. The van der Waals surface area contributed by atoms with Gasteiger partial charge in [-0.1, -0.05) is 6.92 Å². The van der Waals surface area contributed by atoms with Crippen molar-refractivity contribution in [3.05, 3.63) is 47.9 Å². The van der Waals surface area contributed by atoms with Crippen LogP contribution in [0.1, 0.15) is 43.7 Å². The molecule has 0 unspecified atom stereocenters. The first kappa shape index (κ1) is 21.7. The molecule has 1 aliphatic heterocycles. The van der Waals surface area contributed by atoms with Crippen LogP contribution < -0.4 is 9.64 Å². The van der Waals surface area contributed by atoms with E-state index in [1.165, 1.54) is 0 Å². The number of hydrogen-bond donors (Lipinski definition) is 1. The van der Waals surface area contributed by atoms with Crippen LogP contribution in [-0.4, -0.2) is 45.3 Å². The molecule has 2 aliphatic rings. The van der Waals surface area contributed by atoms with Crippen molar-refractivity contribution in [1.82, 2.24) is 14.5 Å². The largest absolute Gasteiger partial charge is 0.481 e. The summed E-state index contributed by atoms with van der Waals surface area (Å²) in [5.74, 6) is 0.584. The second-order valence-electron chi connectivity index (χ2n) is 9.80. The third kappa shape index (κ3) is 3.92. The van der Waals surface area contributed by atoms with Crippen LogP contribution in [0.5, 0.6) is 5.88 Å². The Balaban J connectivity index is 1.38. The number of pyridine rings is 1. The fourth-order valence-electron chi connectivity index (χ4n) is 5.68. The molecular weight excluding hydrogens is 418 g/mol. The highest BCUT2D eigenvalue weighted by atomic mass is 16.7. The van der Waals surface area contributed by atoms with Gasteiger partial charge in [0, 0.05) is 12.1 Å². The third-order valence-corrected chi connectivity index (χ3v) is 7.09. The number of fused-ring (bicyclic) bond motifs is 1. The number of rotatable bonds is 4. The fraction of sp³-hybridized carbons (Fsp3) is 0.480. The molecule has 5 rings (SSSR count). The number of aliphatic hydroxyl groups excluding tert-OH is 1. The van der Waals surface area contributed by atoms with Gasteiger partial charge >= 0.3 is 0 Å². The predicted octanol–water partition coefficient (Wildman–Crippen LogP) is 3.75. The Morgan fingerprint density at radius 1 is 1.30 bits per heavy atom. The van der Waals surface area contributed by atoms with Crippen molar-refractivity contribution < 1.29 is 14.6 Å². The van der Waals surface area contributed by atoms with Crippen molar-refractivity contribution in [2.24, 2.45) is 5.41 Å². The Labute approximate surface area is 193 Å². The van der Waals surface area contributed by atoms with E-state index in [1.54, 1.807) is 19.4 Å². The van der Waals surface area contributed by atoms with Crippen LogP contribution >= 0.6 is 0 Å². The van der Waals surface area contributed by atoms with Gasteiger partial charge in [-0.3, -0.25) is 0 Å². The van der Waals surface area contributed by atoms with Crippen LogP contribution in [-0.2, 0) is 11.3 Å². The summed E-state index contributed by atoms with van der Waals surface area (Å²) >= 11 is 0. The van der Waals surface area contributed by atoms with Crippen LogP contribution in [0.3, 0.4) is 0 Å². The van der Waals surface area contributed by atoms with Gasteiger partial charge in [-0.15, -0.1) is 0 Å². The van der Waals surface area contributed by atoms with E-state index < -0.39 is 12.0 Å². The second-order valence-corrected chi connectivity index (χ2v) is 9.80. The summed E-state index contributed by atoms with van der Waals surface area (Å²) in [6, 6.07) is 9.80. The van der Waals surface area contributed by atoms with E-state index in [0.717, 1.165) is 54.5 Å². The summed E-state index contributed by atoms with van der Waals surface area (Å²) in [6.07, 6.45) is 6.40. The molecule has 0 amide bonds. The zero-order valence-corrected chi connectivity index (χ0v) is 19.3. The maximum Gasteiger partial charge on any atom is 0.238 e. The van der Waals surface area contributed by atoms with E-state index in [1.807, 2.05) is 36.4 Å². The Hall–Kier alpha value is -3.15. The van der Waals surface area contributed by atoms with Crippen LogP contribution in [0.4, 0.5) is 5.69 Å². The van der Waals surface area contributed by atoms with E-state index >= 15 is 0 Å². The van der Waals surface area contributed by atoms with Crippen LogP contribution in [0.2, 0.25) is 0 Å². The van der Waals surface area contributed by atoms with Crippen LogP contribution in [0, 0.1) is 23.7 Å². The minimum Gasteiger partial charge on any atom is -0.481 e. The molecule has 33 heavy (non-hydrogen) atoms. The lowest BCUT2D eigenvalue weighted by Gasteiger charge is -2.43. The van der Waals surface area contributed by atoms with Gasteiger partial charge in [-0.2, -0.15) is 5.26 Å². The number of benzene rings is 1. The summed E-state index contributed by atoms with van der Waals surface area (Å²) < 4.78 is 13.7. The predicted molar refractivity (Wildman–Crippen MR) is 124 cm³/mol. The number of nitrogens with zero attached hydrogens (tertiary/aromatic N) is 5. The zero-order valence-electron chi connectivity index (χ0n) is 19.3. The summed E-state index contributed by atoms with van der Waals surface area (Å²) in [5, 5.41) is 20.1. The highest BCUT2D eigenvalue weighted by molar-refractivity contribution is 5.77. The number of ether oxygens (including phenoxy) is 2. The van der Waals surface area contributed by atoms with E-state index in [-0.39, 0.29) is 5.41 Å². The number of nitriles is 1. The van der Waals surface area contributed by atoms with Crippen LogP contribution in [0.25, 0.3) is 11.0 Å². The average molecular weight is 448 g/mol. The molecule has 1 saturated heterocycles. The van der Waals surface area contributed by atoms with Gasteiger partial charge in [0.1, 0.15) is 0 Å². The number of imidazole rings is 1. The smallest absolute Gasteiger partial charge is 0.238 e. The molecule has 1 aliphatic carbocycles. The molecular formula is C25H29N5O3. The molecule has 1 aromatic carbocycles. The zero-order chi connectivity index (χ0) is 23.2. The van der Waals surface area contributed by atoms with E-state index in [0.29, 0.717) is 18.0 Å². The van der Waals surface area contributed by atoms with Crippen molar-refractivity contribution in [1.29, 1.82) is 5.26 Å². The molecule has 8 heteroatoms. The first-order valence-electron chi connectivity index (χ1n) is 11.3. The van der Waals surface area contributed by atoms with Gasteiger partial charge in [0.15, 0.2) is 0 Å². The van der Waals surface area contributed by atoms with Crippen molar-refractivity contribution in [2.45, 2.75) is 58.1 Å². The second kappa shape index (κ2) is 8.01. The van der Waals surface area contributed by atoms with Crippen molar-refractivity contribution in [3.63, 3.8) is 0 Å². The molecule has 1 N–H and O–H groups in total. The minimum atomic E-state index is -1.01. The standard InChI is InChI=1S/C25H29N5O3/c1-17-9-19(12-27-22(17)32-3)30-15-25(33-23(30)31)8-4-7-24(2,13-25)14-29-16-28-20-6-5-18(11-26)10-21(20)29/h5-6,9-10,12,16,23,31H,4,7-8,13-15H2,1-3H3/t23-,24+,25+/m1/s1. The summed E-state index contributed by atoms with van der Waals surface area (Å²) in [6.45, 7) is 5.62. The van der Waals surface area contributed by atoms with E-state index in [4.69, 9.17) is 9.47 Å². The summed E-state index contributed by atoms with van der Waals surface area (Å²) in [5.41, 5.74) is 3.80. The highest BCUT2D eigenvalue weighted by Crippen LogP contribution is 2.48. The van der Waals surface area contributed by atoms with Gasteiger partial charge in [-0.05, 0) is 62.3 Å². The number of aromatic nitrogens is 3. The van der Waals surface area contributed by atoms with Gasteiger partial charge < -0.3 is 24.0 Å². The van der Waals surface area contributed by atoms with Gasteiger partial charge in [0.05, 0.1) is 60.1 Å². The van der Waals surface area contributed by atoms with Crippen molar-refractivity contribution in [3.8, 4) is 11.9 Å². The Bertz CT molecular complexity index is 1230. The molecule has 3 atom stereocenters. The molecule has 0 radical (unpaired) electrons. The molecule has 0 bridgehead atoms. The van der Waals surface area contributed by atoms with Crippen LogP contribution in [0.15, 0.2) is 36.8 Å². The topological polar surface area (TPSA) is 96.4 Å². The number of hydrogen-bond acceptors (Lipinski definition) is 7. The molecule has 1 spiro atoms. The van der Waals surface area contributed by atoms with Crippen molar-refractivity contribution in [2.75, 3.05) is 18.6 Å². The summed E-state index contributed by atoms with van der Waals surface area (Å²) in [4.78, 5) is 10.8. The van der Waals surface area contributed by atoms with Gasteiger partial charge in [-0.25, -0.2) is 9.97 Å². The average Bonchev–Trinajstić information content (AvgIpc) is 3.32. The first-order chi connectivity index (χ1) is 15.8. The SMILES string of the molecule is COc1ncc(N2C[C@@]3(CCC[C@](C)(Cn4cnc5ccc(C#N)cc54)C3)O[C@H]2O)cc1C. The number of anilines is 1. The molecule has 2 fully saturated rings. The molecule has 3 heterocycles. The maximum absolute atomic E-state index is 10.8. The monoisotopic (exact) mass is 447 g/mol. The number of methoxy groups -OCH3 is 1. The number of aliphatic hydroxyl groups is 1. The first-order valence-corrected chi connectivity index (χ1v) is 11.3. The minimum absolute atomic E-state index is 0.0294. The normalized spacial score (nSPS) is 27.2. The lowest BCUT2D eigenvalue weighted by Crippen LogP contribution is -2.45. The lowest BCUT2D eigenvalue weighted by molar-refractivity contribution is -0.161. The molecule has 8 nitrogen and oxygen atoms in total. The van der Waals surface area contributed by atoms with E-state index in [9.17, 15) is 10.4 Å². The molecule has 3 aromatic rings. The Morgan fingerprint density at radius 2 is 2.15 bits per heavy atom. The highest BCUT2D eigenvalue weighted by Gasteiger charge is 2.50. The molecule has 1 saturated carbocycles. The van der Waals surface area contributed by atoms with Crippen molar-refractivity contribution >= 4 is 16.7 Å². The molecule has 172 valence electrons. The molecule has 2 aromatic heterocycles. The maximum atomic E-state index is 10.8. The fourth-order valence-corrected chi connectivity index (χ4v) is 5.68. The summed E-state index contributed by atoms with van der Waals surface area (Å²) in [7, 11) is 1.60. The lowest BCUT2D eigenvalue weighted by atomic mass is 9.68.